The standard InChI is InChI=1S/C22H24F2N6O/c1-15-10-16(2-5-21(15)29-12-18(13-29)28-6-8-31-9-7-28)26-22-25-14-30(27-22)17-3-4-19(23)20(24)11-17/h2-5,10-11,14,18H,6-9,12-13H2,1H3,(H,26,27). The Morgan fingerprint density at radius 3 is 2.58 bits per heavy atom. The van der Waals surface area contributed by atoms with Gasteiger partial charge in [-0.05, 0) is 42.8 Å². The van der Waals surface area contributed by atoms with Crippen LogP contribution in [0.2, 0.25) is 0 Å². The SMILES string of the molecule is Cc1cc(Nc2ncn(-c3ccc(F)c(F)c3)n2)ccc1N1CC(N2CCOCC2)C1. The first-order valence-electron chi connectivity index (χ1n) is 10.4. The third kappa shape index (κ3) is 4.11. The zero-order valence-corrected chi connectivity index (χ0v) is 17.3. The molecule has 0 unspecified atom stereocenters. The molecule has 0 bridgehead atoms. The van der Waals surface area contributed by atoms with E-state index in [0.717, 1.165) is 57.2 Å². The lowest BCUT2D eigenvalue weighted by atomic mass is 10.0. The van der Waals surface area contributed by atoms with Gasteiger partial charge in [0.25, 0.3) is 0 Å². The third-order valence-electron chi connectivity index (χ3n) is 5.88. The second kappa shape index (κ2) is 8.24. The number of ether oxygens (including phenoxy) is 1. The van der Waals surface area contributed by atoms with Gasteiger partial charge < -0.3 is 15.0 Å². The molecule has 2 fully saturated rings. The van der Waals surface area contributed by atoms with Crippen molar-refractivity contribution < 1.29 is 13.5 Å². The van der Waals surface area contributed by atoms with E-state index in [2.05, 4.69) is 44.3 Å². The summed E-state index contributed by atoms with van der Waals surface area (Å²) in [5.41, 5.74) is 3.67. The second-order valence-corrected chi connectivity index (χ2v) is 7.94. The normalized spacial score (nSPS) is 17.6. The highest BCUT2D eigenvalue weighted by Crippen LogP contribution is 2.30. The molecule has 1 N–H and O–H groups in total. The van der Waals surface area contributed by atoms with Crippen LogP contribution in [0, 0.1) is 18.6 Å². The van der Waals surface area contributed by atoms with E-state index >= 15 is 0 Å². The van der Waals surface area contributed by atoms with Crippen molar-refractivity contribution in [2.45, 2.75) is 13.0 Å². The molecule has 3 heterocycles. The van der Waals surface area contributed by atoms with Gasteiger partial charge in [-0.1, -0.05) is 0 Å². The summed E-state index contributed by atoms with van der Waals surface area (Å²) in [5.74, 6) is -1.43. The van der Waals surface area contributed by atoms with Gasteiger partial charge in [0, 0.05) is 49.7 Å². The molecule has 9 heteroatoms. The number of rotatable bonds is 5. The molecule has 0 saturated carbocycles. The summed E-state index contributed by atoms with van der Waals surface area (Å²) in [4.78, 5) is 9.13. The monoisotopic (exact) mass is 426 g/mol. The smallest absolute Gasteiger partial charge is 0.246 e. The fourth-order valence-electron chi connectivity index (χ4n) is 4.11. The van der Waals surface area contributed by atoms with E-state index in [4.69, 9.17) is 4.74 Å². The summed E-state index contributed by atoms with van der Waals surface area (Å²) in [6.45, 7) is 7.86. The van der Waals surface area contributed by atoms with Crippen LogP contribution >= 0.6 is 0 Å². The summed E-state index contributed by atoms with van der Waals surface area (Å²) in [5, 5.41) is 7.47. The minimum atomic E-state index is -0.921. The number of nitrogens with zero attached hydrogens (tertiary/aromatic N) is 5. The largest absolute Gasteiger partial charge is 0.379 e. The average Bonchev–Trinajstić information content (AvgIpc) is 3.20. The van der Waals surface area contributed by atoms with E-state index in [1.54, 1.807) is 0 Å². The molecule has 1 aromatic heterocycles. The fraction of sp³-hybridized carbons (Fsp3) is 0.364. The van der Waals surface area contributed by atoms with Crippen molar-refractivity contribution in [1.82, 2.24) is 19.7 Å². The molecule has 0 radical (unpaired) electrons. The Morgan fingerprint density at radius 2 is 1.84 bits per heavy atom. The molecule has 5 rings (SSSR count). The summed E-state index contributed by atoms with van der Waals surface area (Å²) in [7, 11) is 0. The van der Waals surface area contributed by atoms with Gasteiger partial charge in [0.15, 0.2) is 11.6 Å². The molecule has 2 aliphatic rings. The zero-order chi connectivity index (χ0) is 21.4. The topological polar surface area (TPSA) is 58.5 Å². The summed E-state index contributed by atoms with van der Waals surface area (Å²) in [6.07, 6.45) is 1.46. The van der Waals surface area contributed by atoms with E-state index in [9.17, 15) is 8.78 Å². The van der Waals surface area contributed by atoms with Crippen LogP contribution in [0.15, 0.2) is 42.7 Å². The van der Waals surface area contributed by atoms with Crippen molar-refractivity contribution >= 4 is 17.3 Å². The Balaban J connectivity index is 1.23. The maximum absolute atomic E-state index is 13.5. The van der Waals surface area contributed by atoms with E-state index in [0.29, 0.717) is 17.7 Å². The van der Waals surface area contributed by atoms with Gasteiger partial charge in [-0.2, -0.15) is 4.98 Å². The minimum absolute atomic E-state index is 0.383. The van der Waals surface area contributed by atoms with Gasteiger partial charge in [-0.25, -0.2) is 13.5 Å². The Labute approximate surface area is 179 Å². The number of hydrogen-bond donors (Lipinski definition) is 1. The number of aryl methyl sites for hydroxylation is 1. The molecule has 0 amide bonds. The lowest BCUT2D eigenvalue weighted by molar-refractivity contribution is 0.0105. The van der Waals surface area contributed by atoms with E-state index in [-0.39, 0.29) is 0 Å². The van der Waals surface area contributed by atoms with Crippen LogP contribution in [0.25, 0.3) is 5.69 Å². The quantitative estimate of drug-likeness (QED) is 0.677. The second-order valence-electron chi connectivity index (χ2n) is 7.94. The molecule has 2 aromatic carbocycles. The Morgan fingerprint density at radius 1 is 1.03 bits per heavy atom. The maximum atomic E-state index is 13.5. The van der Waals surface area contributed by atoms with Gasteiger partial charge in [0.05, 0.1) is 18.9 Å². The van der Waals surface area contributed by atoms with Gasteiger partial charge in [0.1, 0.15) is 6.33 Å². The predicted molar refractivity (Wildman–Crippen MR) is 114 cm³/mol. The van der Waals surface area contributed by atoms with Crippen molar-refractivity contribution in [2.75, 3.05) is 49.6 Å². The Bertz CT molecular complexity index is 1080. The molecule has 3 aromatic rings. The molecular formula is C22H24F2N6O. The third-order valence-corrected chi connectivity index (χ3v) is 5.88. The lowest BCUT2D eigenvalue weighted by Crippen LogP contribution is -2.61. The van der Waals surface area contributed by atoms with Crippen molar-refractivity contribution in [2.24, 2.45) is 0 Å². The Hall–Kier alpha value is -3.04. The van der Waals surface area contributed by atoms with Crippen molar-refractivity contribution in [3.63, 3.8) is 0 Å². The highest BCUT2D eigenvalue weighted by atomic mass is 19.2. The number of halogens is 2. The number of hydrogen-bond acceptors (Lipinski definition) is 6. The number of morpholine rings is 1. The van der Waals surface area contributed by atoms with Crippen LogP contribution < -0.4 is 10.2 Å². The fourth-order valence-corrected chi connectivity index (χ4v) is 4.11. The molecule has 31 heavy (non-hydrogen) atoms. The highest BCUT2D eigenvalue weighted by Gasteiger charge is 2.33. The first-order valence-corrected chi connectivity index (χ1v) is 10.4. The van der Waals surface area contributed by atoms with Gasteiger partial charge in [-0.15, -0.1) is 5.10 Å². The van der Waals surface area contributed by atoms with Gasteiger partial charge in [-0.3, -0.25) is 4.90 Å². The number of nitrogens with one attached hydrogen (secondary N) is 1. The van der Waals surface area contributed by atoms with Crippen LogP contribution in [0.5, 0.6) is 0 Å². The Kier molecular flexibility index (Phi) is 5.29. The van der Waals surface area contributed by atoms with Crippen LogP contribution in [-0.2, 0) is 4.74 Å². The zero-order valence-electron chi connectivity index (χ0n) is 17.3. The van der Waals surface area contributed by atoms with Crippen molar-refractivity contribution in [3.05, 3.63) is 59.9 Å². The van der Waals surface area contributed by atoms with E-state index in [1.807, 2.05) is 6.07 Å². The van der Waals surface area contributed by atoms with E-state index in [1.165, 1.54) is 28.3 Å². The predicted octanol–water partition coefficient (Wildman–Crippen LogP) is 3.12. The molecule has 0 spiro atoms. The average molecular weight is 426 g/mol. The number of anilines is 3. The van der Waals surface area contributed by atoms with Gasteiger partial charge in [0.2, 0.25) is 5.95 Å². The van der Waals surface area contributed by atoms with Crippen LogP contribution in [0.1, 0.15) is 5.56 Å². The van der Waals surface area contributed by atoms with Crippen molar-refractivity contribution in [1.29, 1.82) is 0 Å². The number of benzene rings is 2. The molecule has 0 atom stereocenters. The minimum Gasteiger partial charge on any atom is -0.379 e. The van der Waals surface area contributed by atoms with Crippen LogP contribution in [0.3, 0.4) is 0 Å². The lowest BCUT2D eigenvalue weighted by Gasteiger charge is -2.48. The first kappa shape index (κ1) is 19.9. The summed E-state index contributed by atoms with van der Waals surface area (Å²) in [6, 6.07) is 10.4. The summed E-state index contributed by atoms with van der Waals surface area (Å²) >= 11 is 0. The van der Waals surface area contributed by atoms with Crippen LogP contribution in [-0.4, -0.2) is 65.1 Å². The van der Waals surface area contributed by atoms with Crippen LogP contribution in [0.4, 0.5) is 26.1 Å². The molecule has 2 saturated heterocycles. The maximum Gasteiger partial charge on any atom is 0.246 e. The van der Waals surface area contributed by atoms with Crippen molar-refractivity contribution in [3.8, 4) is 5.69 Å². The molecule has 162 valence electrons. The summed E-state index contributed by atoms with van der Waals surface area (Å²) < 4.78 is 33.4. The molecule has 0 aliphatic carbocycles. The molecular weight excluding hydrogens is 402 g/mol. The molecule has 7 nitrogen and oxygen atoms in total. The van der Waals surface area contributed by atoms with Gasteiger partial charge >= 0.3 is 0 Å². The van der Waals surface area contributed by atoms with E-state index < -0.39 is 11.6 Å². The highest BCUT2D eigenvalue weighted by molar-refractivity contribution is 5.64. The number of aromatic nitrogens is 3. The first-order chi connectivity index (χ1) is 15.1. The molecule has 2 aliphatic heterocycles.